The van der Waals surface area contributed by atoms with Crippen LogP contribution in [0.5, 0.6) is 0 Å². The smallest absolute Gasteiger partial charge is 0.332 e. The summed E-state index contributed by atoms with van der Waals surface area (Å²) in [7, 11) is 0. The summed E-state index contributed by atoms with van der Waals surface area (Å²) in [6.45, 7) is 3.42. The maximum absolute atomic E-state index is 11.7. The van der Waals surface area contributed by atoms with E-state index in [2.05, 4.69) is 5.32 Å². The molecular weight excluding hydrogens is 317 g/mol. The molecule has 1 aromatic carbocycles. The largest absolute Gasteiger partial charge is 0.454 e. The molecular formula is C14H17Cl2NO4. The predicted molar refractivity (Wildman–Crippen MR) is 80.5 cm³/mol. The second-order valence-corrected chi connectivity index (χ2v) is 5.10. The van der Waals surface area contributed by atoms with Crippen LogP contribution in [0.1, 0.15) is 25.5 Å². The molecule has 0 heterocycles. The Morgan fingerprint density at radius 3 is 2.62 bits per heavy atom. The number of rotatable bonds is 7. The molecule has 21 heavy (non-hydrogen) atoms. The number of carbonyl (C=O) groups is 2. The Kier molecular flexibility index (Phi) is 7.50. The summed E-state index contributed by atoms with van der Waals surface area (Å²) in [6, 6.07) is 4.70. The van der Waals surface area contributed by atoms with Crippen molar-refractivity contribution in [3.63, 3.8) is 0 Å². The van der Waals surface area contributed by atoms with Crippen molar-refractivity contribution in [1.82, 2.24) is 5.32 Å². The molecule has 1 N–H and O–H groups in total. The van der Waals surface area contributed by atoms with Crippen LogP contribution in [0.15, 0.2) is 18.2 Å². The lowest BCUT2D eigenvalue weighted by Gasteiger charge is -2.16. The molecule has 0 aliphatic carbocycles. The van der Waals surface area contributed by atoms with Gasteiger partial charge in [-0.05, 0) is 31.5 Å². The lowest BCUT2D eigenvalue weighted by atomic mass is 10.1. The van der Waals surface area contributed by atoms with Gasteiger partial charge in [0, 0.05) is 16.7 Å². The van der Waals surface area contributed by atoms with Crippen LogP contribution >= 0.6 is 23.2 Å². The first-order chi connectivity index (χ1) is 9.93. The Balaban J connectivity index is 2.45. The van der Waals surface area contributed by atoms with Crippen LogP contribution in [0.2, 0.25) is 10.0 Å². The highest BCUT2D eigenvalue weighted by molar-refractivity contribution is 6.35. The fourth-order valence-corrected chi connectivity index (χ4v) is 2.16. The maximum atomic E-state index is 11.7. The van der Waals surface area contributed by atoms with E-state index >= 15 is 0 Å². The van der Waals surface area contributed by atoms with Crippen LogP contribution in [0.4, 0.5) is 0 Å². The number of esters is 1. The van der Waals surface area contributed by atoms with Crippen molar-refractivity contribution < 1.29 is 19.1 Å². The van der Waals surface area contributed by atoms with Gasteiger partial charge in [-0.3, -0.25) is 4.79 Å². The summed E-state index contributed by atoms with van der Waals surface area (Å²) in [5.41, 5.74) is 0.732. The molecule has 116 valence electrons. The van der Waals surface area contributed by atoms with Gasteiger partial charge in [0.15, 0.2) is 6.61 Å². The zero-order valence-corrected chi connectivity index (χ0v) is 13.3. The molecule has 0 aromatic heterocycles. The van der Waals surface area contributed by atoms with Gasteiger partial charge in [0.25, 0.3) is 5.91 Å². The molecule has 0 aliphatic heterocycles. The molecule has 7 heteroatoms. The van der Waals surface area contributed by atoms with Crippen molar-refractivity contribution in [3.05, 3.63) is 33.8 Å². The molecule has 1 amide bonds. The maximum Gasteiger partial charge on any atom is 0.332 e. The Labute approximate surface area is 133 Å². The third kappa shape index (κ3) is 6.33. The standard InChI is InChI=1S/C14H17Cl2NO4/c1-3-20-8-14(19)21-7-13(18)17-9(2)11-5-4-10(15)6-12(11)16/h4-6,9H,3,7-8H2,1-2H3,(H,17,18)/t9-/m1/s1. The number of carbonyl (C=O) groups excluding carboxylic acids is 2. The number of ether oxygens (including phenoxy) is 2. The van der Waals surface area contributed by atoms with E-state index in [4.69, 9.17) is 32.7 Å². The summed E-state index contributed by atoms with van der Waals surface area (Å²) < 4.78 is 9.63. The van der Waals surface area contributed by atoms with Crippen LogP contribution < -0.4 is 5.32 Å². The number of benzene rings is 1. The van der Waals surface area contributed by atoms with E-state index < -0.39 is 11.9 Å². The van der Waals surface area contributed by atoms with Gasteiger partial charge in [-0.2, -0.15) is 0 Å². The Morgan fingerprint density at radius 1 is 1.29 bits per heavy atom. The van der Waals surface area contributed by atoms with Gasteiger partial charge < -0.3 is 14.8 Å². The molecule has 1 rings (SSSR count). The minimum Gasteiger partial charge on any atom is -0.454 e. The van der Waals surface area contributed by atoms with Crippen LogP contribution in [0.25, 0.3) is 0 Å². The molecule has 1 aromatic rings. The van der Waals surface area contributed by atoms with Gasteiger partial charge in [-0.15, -0.1) is 0 Å². The second-order valence-electron chi connectivity index (χ2n) is 4.25. The Hall–Kier alpha value is -1.30. The third-order valence-electron chi connectivity index (χ3n) is 2.59. The highest BCUT2D eigenvalue weighted by Crippen LogP contribution is 2.25. The van der Waals surface area contributed by atoms with E-state index in [1.807, 2.05) is 0 Å². The number of hydrogen-bond donors (Lipinski definition) is 1. The molecule has 0 bridgehead atoms. The van der Waals surface area contributed by atoms with Gasteiger partial charge in [0.2, 0.25) is 0 Å². The fraction of sp³-hybridized carbons (Fsp3) is 0.429. The van der Waals surface area contributed by atoms with E-state index in [1.165, 1.54) is 0 Å². The molecule has 0 radical (unpaired) electrons. The second kappa shape index (κ2) is 8.87. The first-order valence-electron chi connectivity index (χ1n) is 6.41. The van der Waals surface area contributed by atoms with Crippen molar-refractivity contribution in [3.8, 4) is 0 Å². The number of nitrogens with one attached hydrogen (secondary N) is 1. The highest BCUT2D eigenvalue weighted by Gasteiger charge is 2.14. The zero-order chi connectivity index (χ0) is 15.8. The molecule has 0 saturated carbocycles. The molecule has 0 aliphatic rings. The summed E-state index contributed by atoms with van der Waals surface area (Å²) in [4.78, 5) is 22.9. The van der Waals surface area contributed by atoms with Gasteiger partial charge in [-0.1, -0.05) is 29.3 Å². The summed E-state index contributed by atoms with van der Waals surface area (Å²) >= 11 is 11.9. The first-order valence-corrected chi connectivity index (χ1v) is 7.17. The molecule has 0 fully saturated rings. The average Bonchev–Trinajstić information content (AvgIpc) is 2.42. The monoisotopic (exact) mass is 333 g/mol. The summed E-state index contributed by atoms with van der Waals surface area (Å²) in [6.07, 6.45) is 0. The van der Waals surface area contributed by atoms with Crippen LogP contribution in [-0.2, 0) is 19.1 Å². The van der Waals surface area contributed by atoms with Gasteiger partial charge >= 0.3 is 5.97 Å². The number of amides is 1. The number of halogens is 2. The lowest BCUT2D eigenvalue weighted by Crippen LogP contribution is -2.31. The topological polar surface area (TPSA) is 64.6 Å². The van der Waals surface area contributed by atoms with Crippen LogP contribution in [-0.4, -0.2) is 31.7 Å². The fourth-order valence-electron chi connectivity index (χ4n) is 1.59. The van der Waals surface area contributed by atoms with E-state index in [1.54, 1.807) is 32.0 Å². The van der Waals surface area contributed by atoms with Crippen molar-refractivity contribution in [2.75, 3.05) is 19.8 Å². The Morgan fingerprint density at radius 2 is 2.00 bits per heavy atom. The van der Waals surface area contributed by atoms with Crippen molar-refractivity contribution in [1.29, 1.82) is 0 Å². The predicted octanol–water partition coefficient (Wildman–Crippen LogP) is 2.75. The minimum absolute atomic E-state index is 0.164. The molecule has 5 nitrogen and oxygen atoms in total. The zero-order valence-electron chi connectivity index (χ0n) is 11.8. The van der Waals surface area contributed by atoms with Crippen LogP contribution in [0, 0.1) is 0 Å². The first kappa shape index (κ1) is 17.8. The van der Waals surface area contributed by atoms with Gasteiger partial charge in [0.1, 0.15) is 6.61 Å². The Bertz CT molecular complexity index is 508. The van der Waals surface area contributed by atoms with Crippen molar-refractivity contribution >= 4 is 35.1 Å². The summed E-state index contributed by atoms with van der Waals surface area (Å²) in [5.74, 6) is -0.998. The number of hydrogen-bond acceptors (Lipinski definition) is 4. The van der Waals surface area contributed by atoms with Crippen molar-refractivity contribution in [2.45, 2.75) is 19.9 Å². The van der Waals surface area contributed by atoms with E-state index in [9.17, 15) is 9.59 Å². The van der Waals surface area contributed by atoms with Gasteiger partial charge in [-0.25, -0.2) is 4.79 Å². The summed E-state index contributed by atoms with van der Waals surface area (Å²) in [5, 5.41) is 3.67. The van der Waals surface area contributed by atoms with E-state index in [-0.39, 0.29) is 19.3 Å². The molecule has 1 atom stereocenters. The van der Waals surface area contributed by atoms with Crippen LogP contribution in [0.3, 0.4) is 0 Å². The van der Waals surface area contributed by atoms with Crippen molar-refractivity contribution in [2.24, 2.45) is 0 Å². The van der Waals surface area contributed by atoms with E-state index in [0.717, 1.165) is 5.56 Å². The van der Waals surface area contributed by atoms with E-state index in [0.29, 0.717) is 16.7 Å². The lowest BCUT2D eigenvalue weighted by molar-refractivity contribution is -0.152. The van der Waals surface area contributed by atoms with Gasteiger partial charge in [0.05, 0.1) is 6.04 Å². The normalized spacial score (nSPS) is 11.8. The molecule has 0 spiro atoms. The molecule has 0 saturated heterocycles. The quantitative estimate of drug-likeness (QED) is 0.779. The molecule has 0 unspecified atom stereocenters. The third-order valence-corrected chi connectivity index (χ3v) is 3.16. The highest BCUT2D eigenvalue weighted by atomic mass is 35.5. The SMILES string of the molecule is CCOCC(=O)OCC(=O)N[C@H](C)c1ccc(Cl)cc1Cl. The minimum atomic E-state index is -0.579. The average molecular weight is 334 g/mol.